The van der Waals surface area contributed by atoms with Crippen molar-refractivity contribution in [2.45, 2.75) is 11.4 Å². The van der Waals surface area contributed by atoms with Gasteiger partial charge in [-0.3, -0.25) is 0 Å². The second-order valence-corrected chi connectivity index (χ2v) is 3.59. The standard InChI is InChI=1S/C11H13IO/c1-4-10-8(2)5-6-9(7-12)11(10)13-3/h4-6H,1,7H2,2-3H3. The third kappa shape index (κ3) is 2.05. The van der Waals surface area contributed by atoms with Crippen LogP contribution in [0.2, 0.25) is 0 Å². The fourth-order valence-corrected chi connectivity index (χ4v) is 1.94. The van der Waals surface area contributed by atoms with Crippen LogP contribution < -0.4 is 4.74 Å². The molecule has 0 heterocycles. The first-order valence-electron chi connectivity index (χ1n) is 4.09. The van der Waals surface area contributed by atoms with Crippen LogP contribution in [0.15, 0.2) is 18.7 Å². The molecule has 0 aliphatic heterocycles. The first-order chi connectivity index (χ1) is 6.24. The predicted octanol–water partition coefficient (Wildman–Crippen LogP) is 3.58. The second-order valence-electron chi connectivity index (χ2n) is 2.83. The molecule has 0 aliphatic carbocycles. The maximum Gasteiger partial charge on any atom is 0.130 e. The topological polar surface area (TPSA) is 9.23 Å². The Kier molecular flexibility index (Phi) is 3.78. The van der Waals surface area contributed by atoms with Gasteiger partial charge in [-0.25, -0.2) is 0 Å². The number of alkyl halides is 1. The lowest BCUT2D eigenvalue weighted by Gasteiger charge is -2.11. The van der Waals surface area contributed by atoms with Crippen molar-refractivity contribution in [2.24, 2.45) is 0 Å². The molecule has 0 aromatic heterocycles. The Balaban J connectivity index is 3.36. The van der Waals surface area contributed by atoms with E-state index in [-0.39, 0.29) is 0 Å². The summed E-state index contributed by atoms with van der Waals surface area (Å²) < 4.78 is 6.32. The van der Waals surface area contributed by atoms with E-state index in [1.807, 2.05) is 6.08 Å². The number of halogens is 1. The Morgan fingerprint density at radius 3 is 2.69 bits per heavy atom. The summed E-state index contributed by atoms with van der Waals surface area (Å²) in [5, 5.41) is 0. The number of rotatable bonds is 3. The largest absolute Gasteiger partial charge is 0.496 e. The van der Waals surface area contributed by atoms with Gasteiger partial charge in [-0.1, -0.05) is 47.4 Å². The lowest BCUT2D eigenvalue weighted by Crippen LogP contribution is -1.94. The summed E-state index contributed by atoms with van der Waals surface area (Å²) in [6, 6.07) is 4.21. The van der Waals surface area contributed by atoms with E-state index in [0.29, 0.717) is 0 Å². The third-order valence-corrected chi connectivity index (χ3v) is 2.87. The molecule has 70 valence electrons. The highest BCUT2D eigenvalue weighted by atomic mass is 127. The fraction of sp³-hybridized carbons (Fsp3) is 0.273. The highest BCUT2D eigenvalue weighted by Crippen LogP contribution is 2.29. The number of benzene rings is 1. The van der Waals surface area contributed by atoms with Gasteiger partial charge < -0.3 is 4.74 Å². The summed E-state index contributed by atoms with van der Waals surface area (Å²) in [5.41, 5.74) is 3.54. The lowest BCUT2D eigenvalue weighted by molar-refractivity contribution is 0.410. The van der Waals surface area contributed by atoms with Crippen LogP contribution in [0.4, 0.5) is 0 Å². The Morgan fingerprint density at radius 2 is 2.23 bits per heavy atom. The van der Waals surface area contributed by atoms with Crippen LogP contribution in [0.5, 0.6) is 5.75 Å². The Labute approximate surface area is 92.9 Å². The highest BCUT2D eigenvalue weighted by molar-refractivity contribution is 14.1. The van der Waals surface area contributed by atoms with Crippen LogP contribution in [-0.2, 0) is 4.43 Å². The smallest absolute Gasteiger partial charge is 0.130 e. The number of methoxy groups -OCH3 is 1. The maximum atomic E-state index is 5.36. The first-order valence-corrected chi connectivity index (χ1v) is 5.62. The summed E-state index contributed by atoms with van der Waals surface area (Å²) >= 11 is 2.33. The summed E-state index contributed by atoms with van der Waals surface area (Å²) in [6.07, 6.45) is 1.85. The van der Waals surface area contributed by atoms with Crippen molar-refractivity contribution in [2.75, 3.05) is 7.11 Å². The van der Waals surface area contributed by atoms with Crippen LogP contribution in [0.3, 0.4) is 0 Å². The minimum Gasteiger partial charge on any atom is -0.496 e. The van der Waals surface area contributed by atoms with Gasteiger partial charge >= 0.3 is 0 Å². The molecule has 13 heavy (non-hydrogen) atoms. The van der Waals surface area contributed by atoms with Crippen molar-refractivity contribution in [3.8, 4) is 5.75 Å². The second kappa shape index (κ2) is 4.65. The molecule has 0 saturated carbocycles. The van der Waals surface area contributed by atoms with Gasteiger partial charge in [0.2, 0.25) is 0 Å². The molecule has 2 heteroatoms. The Morgan fingerprint density at radius 1 is 1.54 bits per heavy atom. The fourth-order valence-electron chi connectivity index (χ4n) is 1.34. The summed E-state index contributed by atoms with van der Waals surface area (Å²) in [4.78, 5) is 0. The van der Waals surface area contributed by atoms with Crippen molar-refractivity contribution in [1.29, 1.82) is 0 Å². The van der Waals surface area contributed by atoms with E-state index in [1.54, 1.807) is 7.11 Å². The number of ether oxygens (including phenoxy) is 1. The van der Waals surface area contributed by atoms with E-state index in [2.05, 4.69) is 48.2 Å². The van der Waals surface area contributed by atoms with Gasteiger partial charge in [-0.15, -0.1) is 0 Å². The van der Waals surface area contributed by atoms with Gasteiger partial charge in [-0.05, 0) is 12.5 Å². The average molecular weight is 288 g/mol. The summed E-state index contributed by atoms with van der Waals surface area (Å²) in [6.45, 7) is 5.86. The van der Waals surface area contributed by atoms with Crippen LogP contribution in [0, 0.1) is 6.92 Å². The van der Waals surface area contributed by atoms with Gasteiger partial charge in [-0.2, -0.15) is 0 Å². The van der Waals surface area contributed by atoms with Crippen LogP contribution in [0.1, 0.15) is 16.7 Å². The molecule has 1 aromatic carbocycles. The van der Waals surface area contributed by atoms with Gasteiger partial charge in [0.1, 0.15) is 5.75 Å². The molecule has 0 amide bonds. The zero-order chi connectivity index (χ0) is 9.84. The SMILES string of the molecule is C=Cc1c(C)ccc(CI)c1OC. The molecule has 0 atom stereocenters. The number of aryl methyl sites for hydroxylation is 1. The van der Waals surface area contributed by atoms with Crippen LogP contribution in [-0.4, -0.2) is 7.11 Å². The molecule has 1 rings (SSSR count). The molecule has 0 fully saturated rings. The van der Waals surface area contributed by atoms with Gasteiger partial charge in [0, 0.05) is 15.6 Å². The molecule has 0 aliphatic rings. The number of hydrogen-bond acceptors (Lipinski definition) is 1. The van der Waals surface area contributed by atoms with Gasteiger partial charge in [0.15, 0.2) is 0 Å². The van der Waals surface area contributed by atoms with Gasteiger partial charge in [0.25, 0.3) is 0 Å². The molecule has 0 saturated heterocycles. The molecule has 1 aromatic rings. The van der Waals surface area contributed by atoms with Crippen molar-refractivity contribution >= 4 is 28.7 Å². The highest BCUT2D eigenvalue weighted by Gasteiger charge is 2.07. The van der Waals surface area contributed by atoms with Crippen LogP contribution in [0.25, 0.3) is 6.08 Å². The van der Waals surface area contributed by atoms with E-state index in [9.17, 15) is 0 Å². The molecule has 0 spiro atoms. The summed E-state index contributed by atoms with van der Waals surface area (Å²) in [5.74, 6) is 0.962. The zero-order valence-electron chi connectivity index (χ0n) is 7.93. The maximum absolute atomic E-state index is 5.36. The summed E-state index contributed by atoms with van der Waals surface area (Å²) in [7, 11) is 1.71. The molecule has 1 nitrogen and oxygen atoms in total. The Bertz CT molecular complexity index is 318. The molecule has 0 radical (unpaired) electrons. The quantitative estimate of drug-likeness (QED) is 0.610. The van der Waals surface area contributed by atoms with Crippen molar-refractivity contribution in [1.82, 2.24) is 0 Å². The minimum absolute atomic E-state index is 0.960. The monoisotopic (exact) mass is 288 g/mol. The predicted molar refractivity (Wildman–Crippen MR) is 65.5 cm³/mol. The normalized spacial score (nSPS) is 9.77. The first kappa shape index (κ1) is 10.6. The average Bonchev–Trinajstić information content (AvgIpc) is 2.17. The molecule has 0 unspecified atom stereocenters. The van der Waals surface area contributed by atoms with E-state index in [4.69, 9.17) is 4.74 Å². The van der Waals surface area contributed by atoms with Crippen molar-refractivity contribution in [3.05, 3.63) is 35.4 Å². The number of hydrogen-bond donors (Lipinski definition) is 0. The minimum atomic E-state index is 0.960. The van der Waals surface area contributed by atoms with Crippen molar-refractivity contribution in [3.63, 3.8) is 0 Å². The van der Waals surface area contributed by atoms with E-state index < -0.39 is 0 Å². The molecule has 0 N–H and O–H groups in total. The molecule has 0 bridgehead atoms. The van der Waals surface area contributed by atoms with Crippen LogP contribution >= 0.6 is 22.6 Å². The molecular formula is C11H13IO. The van der Waals surface area contributed by atoms with E-state index in [1.165, 1.54) is 11.1 Å². The zero-order valence-corrected chi connectivity index (χ0v) is 10.1. The van der Waals surface area contributed by atoms with E-state index >= 15 is 0 Å². The molecular weight excluding hydrogens is 275 g/mol. The Hall–Kier alpha value is -0.510. The third-order valence-electron chi connectivity index (χ3n) is 2.05. The van der Waals surface area contributed by atoms with E-state index in [0.717, 1.165) is 15.7 Å². The lowest BCUT2D eigenvalue weighted by atomic mass is 10.0. The van der Waals surface area contributed by atoms with Crippen molar-refractivity contribution < 1.29 is 4.74 Å². The van der Waals surface area contributed by atoms with Gasteiger partial charge in [0.05, 0.1) is 7.11 Å².